The van der Waals surface area contributed by atoms with E-state index in [-0.39, 0.29) is 17.4 Å². The van der Waals surface area contributed by atoms with Gasteiger partial charge in [-0.05, 0) is 13.0 Å². The van der Waals surface area contributed by atoms with Crippen molar-refractivity contribution in [2.45, 2.75) is 19.2 Å². The van der Waals surface area contributed by atoms with Crippen LogP contribution in [-0.4, -0.2) is 9.97 Å². The number of hydrogen-bond acceptors (Lipinski definition) is 2. The molecule has 0 atom stereocenters. The molecule has 0 saturated carbocycles. The summed E-state index contributed by atoms with van der Waals surface area (Å²) in [5, 5.41) is 0. The molecule has 0 saturated heterocycles. The van der Waals surface area contributed by atoms with E-state index in [0.29, 0.717) is 5.69 Å². The van der Waals surface area contributed by atoms with Crippen LogP contribution in [0.25, 0.3) is 0 Å². The molecule has 1 aromatic rings. The first-order valence-corrected chi connectivity index (χ1v) is 3.85. The molecule has 1 heterocycles. The van der Waals surface area contributed by atoms with Crippen molar-refractivity contribution in [3.05, 3.63) is 23.3 Å². The van der Waals surface area contributed by atoms with E-state index in [1.54, 1.807) is 6.92 Å². The van der Waals surface area contributed by atoms with Gasteiger partial charge in [0.05, 0.1) is 5.88 Å². The van der Waals surface area contributed by atoms with Crippen LogP contribution in [-0.2, 0) is 5.88 Å². The monoisotopic (exact) mass is 192 g/mol. The molecule has 0 aliphatic heterocycles. The summed E-state index contributed by atoms with van der Waals surface area (Å²) < 4.78 is 24.3. The summed E-state index contributed by atoms with van der Waals surface area (Å²) in [6.45, 7) is 1.63. The fourth-order valence-electron chi connectivity index (χ4n) is 0.828. The van der Waals surface area contributed by atoms with Crippen LogP contribution in [0.1, 0.15) is 23.6 Å². The van der Waals surface area contributed by atoms with Gasteiger partial charge < -0.3 is 0 Å². The van der Waals surface area contributed by atoms with E-state index in [2.05, 4.69) is 9.97 Å². The van der Waals surface area contributed by atoms with Gasteiger partial charge in [0.1, 0.15) is 11.5 Å². The number of rotatable bonds is 2. The predicted molar refractivity (Wildman–Crippen MR) is 41.3 cm³/mol. The van der Waals surface area contributed by atoms with Crippen LogP contribution in [0.4, 0.5) is 8.78 Å². The van der Waals surface area contributed by atoms with E-state index in [1.807, 2.05) is 0 Å². The van der Waals surface area contributed by atoms with E-state index >= 15 is 0 Å². The van der Waals surface area contributed by atoms with E-state index < -0.39 is 6.43 Å². The quantitative estimate of drug-likeness (QED) is 0.673. The Kier molecular flexibility index (Phi) is 2.92. The molecule has 66 valence electrons. The molecule has 0 fully saturated rings. The van der Waals surface area contributed by atoms with Gasteiger partial charge in [0.2, 0.25) is 0 Å². The molecular weight excluding hydrogens is 186 g/mol. The molecule has 0 aromatic carbocycles. The topological polar surface area (TPSA) is 25.8 Å². The van der Waals surface area contributed by atoms with Crippen LogP contribution in [0.3, 0.4) is 0 Å². The van der Waals surface area contributed by atoms with Gasteiger partial charge in [0, 0.05) is 5.69 Å². The van der Waals surface area contributed by atoms with Crippen molar-refractivity contribution in [3.8, 4) is 0 Å². The summed E-state index contributed by atoms with van der Waals surface area (Å²) in [5.41, 5.74) is 0.245. The number of hydrogen-bond donors (Lipinski definition) is 0. The highest BCUT2D eigenvalue weighted by atomic mass is 35.5. The van der Waals surface area contributed by atoms with Gasteiger partial charge in [0.15, 0.2) is 0 Å². The second-order valence-electron chi connectivity index (χ2n) is 2.28. The Morgan fingerprint density at radius 3 is 2.67 bits per heavy atom. The van der Waals surface area contributed by atoms with E-state index in [4.69, 9.17) is 11.6 Å². The Labute approximate surface area is 73.6 Å². The van der Waals surface area contributed by atoms with Crippen molar-refractivity contribution in [3.63, 3.8) is 0 Å². The minimum absolute atomic E-state index is 0.0569. The van der Waals surface area contributed by atoms with Crippen LogP contribution in [0.5, 0.6) is 0 Å². The van der Waals surface area contributed by atoms with Gasteiger partial charge in [-0.25, -0.2) is 18.7 Å². The third-order valence-electron chi connectivity index (χ3n) is 1.26. The smallest absolute Gasteiger partial charge is 0.237 e. The van der Waals surface area contributed by atoms with Gasteiger partial charge in [-0.2, -0.15) is 0 Å². The molecule has 0 bridgehead atoms. The minimum Gasteiger partial charge on any atom is -0.237 e. The maximum absolute atomic E-state index is 12.1. The van der Waals surface area contributed by atoms with Gasteiger partial charge in [-0.15, -0.1) is 11.6 Å². The maximum Gasteiger partial charge on any atom is 0.280 e. The first-order chi connectivity index (χ1) is 5.63. The fourth-order valence-corrected chi connectivity index (χ4v) is 0.947. The van der Waals surface area contributed by atoms with Crippen molar-refractivity contribution >= 4 is 11.6 Å². The first-order valence-electron chi connectivity index (χ1n) is 3.32. The number of aromatic nitrogens is 2. The summed E-state index contributed by atoms with van der Waals surface area (Å²) in [5.74, 6) is 0.300. The first kappa shape index (κ1) is 9.32. The van der Waals surface area contributed by atoms with E-state index in [0.717, 1.165) is 0 Å². The Morgan fingerprint density at radius 1 is 1.50 bits per heavy atom. The molecule has 0 aliphatic carbocycles. The summed E-state index contributed by atoms with van der Waals surface area (Å²) in [4.78, 5) is 7.42. The zero-order chi connectivity index (χ0) is 9.14. The maximum atomic E-state index is 12.1. The van der Waals surface area contributed by atoms with Crippen molar-refractivity contribution in [2.24, 2.45) is 0 Å². The lowest BCUT2D eigenvalue weighted by atomic mass is 10.3. The fraction of sp³-hybridized carbons (Fsp3) is 0.429. The summed E-state index contributed by atoms with van der Waals surface area (Å²) in [6.07, 6.45) is -2.56. The van der Waals surface area contributed by atoms with Crippen LogP contribution >= 0.6 is 11.6 Å². The van der Waals surface area contributed by atoms with Crippen LogP contribution in [0.15, 0.2) is 6.07 Å². The molecule has 0 N–H and O–H groups in total. The Morgan fingerprint density at radius 2 is 2.17 bits per heavy atom. The highest BCUT2D eigenvalue weighted by Crippen LogP contribution is 2.16. The van der Waals surface area contributed by atoms with Crippen LogP contribution in [0.2, 0.25) is 0 Å². The summed E-state index contributed by atoms with van der Waals surface area (Å²) in [7, 11) is 0. The SMILES string of the molecule is Cc1cc(C(F)F)nc(CCl)n1. The average Bonchev–Trinajstić information content (AvgIpc) is 2.03. The lowest BCUT2D eigenvalue weighted by Crippen LogP contribution is -1.99. The molecule has 5 heteroatoms. The molecular formula is C7H7ClF2N2. The third kappa shape index (κ3) is 2.11. The molecule has 12 heavy (non-hydrogen) atoms. The Bertz CT molecular complexity index is 278. The van der Waals surface area contributed by atoms with Gasteiger partial charge in [-0.1, -0.05) is 0 Å². The minimum atomic E-state index is -2.56. The molecule has 0 aliphatic rings. The Balaban J connectivity index is 3.06. The average molecular weight is 193 g/mol. The molecule has 0 amide bonds. The second kappa shape index (κ2) is 3.76. The number of alkyl halides is 3. The van der Waals surface area contributed by atoms with Crippen LogP contribution in [0, 0.1) is 6.92 Å². The zero-order valence-corrected chi connectivity index (χ0v) is 7.15. The number of nitrogens with zero attached hydrogens (tertiary/aromatic N) is 2. The number of aryl methyl sites for hydroxylation is 1. The zero-order valence-electron chi connectivity index (χ0n) is 6.39. The predicted octanol–water partition coefficient (Wildman–Crippen LogP) is 2.46. The molecule has 0 unspecified atom stereocenters. The molecule has 1 aromatic heterocycles. The van der Waals surface area contributed by atoms with E-state index in [1.165, 1.54) is 6.07 Å². The van der Waals surface area contributed by atoms with Crippen molar-refractivity contribution < 1.29 is 8.78 Å². The van der Waals surface area contributed by atoms with E-state index in [9.17, 15) is 8.78 Å². The Hall–Kier alpha value is -0.770. The summed E-state index contributed by atoms with van der Waals surface area (Å²) in [6, 6.07) is 1.25. The number of halogens is 3. The second-order valence-corrected chi connectivity index (χ2v) is 2.55. The highest BCUT2D eigenvalue weighted by molar-refractivity contribution is 6.16. The van der Waals surface area contributed by atoms with Crippen LogP contribution < -0.4 is 0 Å². The van der Waals surface area contributed by atoms with Crippen molar-refractivity contribution in [1.82, 2.24) is 9.97 Å². The lowest BCUT2D eigenvalue weighted by molar-refractivity contribution is 0.145. The van der Waals surface area contributed by atoms with Crippen molar-refractivity contribution in [1.29, 1.82) is 0 Å². The van der Waals surface area contributed by atoms with Gasteiger partial charge in [-0.3, -0.25) is 0 Å². The van der Waals surface area contributed by atoms with Gasteiger partial charge >= 0.3 is 0 Å². The van der Waals surface area contributed by atoms with Crippen molar-refractivity contribution in [2.75, 3.05) is 0 Å². The molecule has 2 nitrogen and oxygen atoms in total. The summed E-state index contributed by atoms with van der Waals surface area (Å²) >= 11 is 5.41. The van der Waals surface area contributed by atoms with Gasteiger partial charge in [0.25, 0.3) is 6.43 Å². The normalized spacial score (nSPS) is 10.8. The standard InChI is InChI=1S/C7H7ClF2N2/c1-4-2-5(7(9)10)12-6(3-8)11-4/h2,7H,3H2,1H3. The highest BCUT2D eigenvalue weighted by Gasteiger charge is 2.10. The molecule has 1 rings (SSSR count). The largest absolute Gasteiger partial charge is 0.280 e. The molecule has 0 radical (unpaired) electrons. The lowest BCUT2D eigenvalue weighted by Gasteiger charge is -2.01. The third-order valence-corrected chi connectivity index (χ3v) is 1.50. The molecule has 0 spiro atoms.